The van der Waals surface area contributed by atoms with Crippen molar-refractivity contribution in [2.75, 3.05) is 13.3 Å². The van der Waals surface area contributed by atoms with Gasteiger partial charge in [-0.25, -0.2) is 0 Å². The van der Waals surface area contributed by atoms with Crippen LogP contribution in [0, 0.1) is 17.8 Å². The van der Waals surface area contributed by atoms with Gasteiger partial charge in [0.1, 0.15) is 5.78 Å². The van der Waals surface area contributed by atoms with Gasteiger partial charge in [0.15, 0.2) is 0 Å². The summed E-state index contributed by atoms with van der Waals surface area (Å²) >= 11 is 0. The van der Waals surface area contributed by atoms with Gasteiger partial charge in [0, 0.05) is 6.16 Å². The van der Waals surface area contributed by atoms with Gasteiger partial charge >= 0.3 is 5.97 Å². The van der Waals surface area contributed by atoms with Crippen LogP contribution < -0.4 is 11.1 Å². The van der Waals surface area contributed by atoms with Crippen molar-refractivity contribution in [3.8, 4) is 0 Å². The lowest BCUT2D eigenvalue weighted by Crippen LogP contribution is -2.47. The van der Waals surface area contributed by atoms with Crippen LogP contribution in [0.1, 0.15) is 64.4 Å². The van der Waals surface area contributed by atoms with Crippen molar-refractivity contribution in [3.63, 3.8) is 0 Å². The van der Waals surface area contributed by atoms with Crippen LogP contribution in [0.25, 0.3) is 0 Å². The molecular formula is C25H42ClN2O5P. The number of hydrogen-bond donors (Lipinski definition) is 3. The molecule has 0 spiro atoms. The fourth-order valence-electron chi connectivity index (χ4n) is 4.72. The first kappa shape index (κ1) is 30.6. The predicted molar refractivity (Wildman–Crippen MR) is 138 cm³/mol. The van der Waals surface area contributed by atoms with Gasteiger partial charge in [-0.05, 0) is 36.7 Å². The van der Waals surface area contributed by atoms with Crippen LogP contribution in [0.4, 0.5) is 0 Å². The molecule has 1 aliphatic carbocycles. The molecule has 0 aromatic heterocycles. The van der Waals surface area contributed by atoms with Crippen LogP contribution in [0.2, 0.25) is 0 Å². The molecule has 0 heterocycles. The second-order valence-corrected chi connectivity index (χ2v) is 12.3. The van der Waals surface area contributed by atoms with E-state index >= 15 is 0 Å². The minimum absolute atomic E-state index is 0. The Morgan fingerprint density at radius 2 is 1.79 bits per heavy atom. The molecule has 0 bridgehead atoms. The molecule has 1 amide bonds. The molecule has 4 atom stereocenters. The second-order valence-electron chi connectivity index (χ2n) is 9.85. The highest BCUT2D eigenvalue weighted by Gasteiger charge is 2.39. The van der Waals surface area contributed by atoms with Crippen LogP contribution in [0.15, 0.2) is 30.3 Å². The molecule has 1 aromatic rings. The van der Waals surface area contributed by atoms with Crippen molar-refractivity contribution >= 4 is 31.7 Å². The summed E-state index contributed by atoms with van der Waals surface area (Å²) in [6.45, 7) is 3.92. The number of rotatable bonds is 12. The third kappa shape index (κ3) is 10.1. The Morgan fingerprint density at radius 1 is 1.18 bits per heavy atom. The number of benzene rings is 1. The maximum absolute atomic E-state index is 13.6. The molecule has 9 heteroatoms. The summed E-state index contributed by atoms with van der Waals surface area (Å²) in [6.07, 6.45) is 6.33. The standard InChI is InChI=1S/C25H41N2O5P.ClH/c1-18(2)14-21(25(29)32-3)17-33(30,31)23(16-20-12-8-5-9-13-20)27-24(28)22(26)15-19-10-6-4-7-11-19;/h4,6-7,10-11,18,20-23H,5,8-9,12-17,26H2,1-3H3,(H,27,28)(H,30,31);1H/t21?,22-,23?;/m0./s1. The lowest BCUT2D eigenvalue weighted by Gasteiger charge is -2.32. The van der Waals surface area contributed by atoms with E-state index in [0.717, 1.165) is 31.2 Å². The number of carbonyl (C=O) groups is 2. The number of carbonyl (C=O) groups excluding carboxylic acids is 2. The summed E-state index contributed by atoms with van der Waals surface area (Å²) in [7, 11) is -2.62. The molecule has 7 nitrogen and oxygen atoms in total. The summed E-state index contributed by atoms with van der Waals surface area (Å²) in [6, 6.07) is 8.64. The number of ether oxygens (including phenoxy) is 1. The van der Waals surface area contributed by atoms with Gasteiger partial charge < -0.3 is 20.7 Å². The molecule has 194 valence electrons. The molecule has 0 aliphatic heterocycles. The van der Waals surface area contributed by atoms with E-state index in [4.69, 9.17) is 10.5 Å². The lowest BCUT2D eigenvalue weighted by atomic mass is 9.87. The summed E-state index contributed by atoms with van der Waals surface area (Å²) in [5, 5.41) is 2.81. The normalized spacial score (nSPS) is 18.8. The minimum atomic E-state index is -3.91. The molecule has 2 rings (SSSR count). The van der Waals surface area contributed by atoms with Crippen LogP contribution >= 0.6 is 19.8 Å². The molecule has 1 fully saturated rings. The fraction of sp³-hybridized carbons (Fsp3) is 0.680. The van der Waals surface area contributed by atoms with E-state index in [1.807, 2.05) is 44.2 Å². The topological polar surface area (TPSA) is 119 Å². The van der Waals surface area contributed by atoms with Gasteiger partial charge in [-0.15, -0.1) is 12.4 Å². The average Bonchev–Trinajstić information content (AvgIpc) is 2.78. The third-order valence-electron chi connectivity index (χ3n) is 6.48. The first-order valence-corrected chi connectivity index (χ1v) is 14.0. The Labute approximate surface area is 210 Å². The highest BCUT2D eigenvalue weighted by atomic mass is 35.5. The van der Waals surface area contributed by atoms with E-state index < -0.39 is 37.0 Å². The summed E-state index contributed by atoms with van der Waals surface area (Å²) in [5.74, 6) is -2.09. The summed E-state index contributed by atoms with van der Waals surface area (Å²) in [4.78, 5) is 36.4. The Kier molecular flexibility index (Phi) is 13.4. The molecule has 1 saturated carbocycles. The number of amides is 1. The van der Waals surface area contributed by atoms with Gasteiger partial charge in [0.2, 0.25) is 13.3 Å². The van der Waals surface area contributed by atoms with E-state index in [0.29, 0.717) is 19.3 Å². The number of methoxy groups -OCH3 is 1. The third-order valence-corrected chi connectivity index (χ3v) is 8.76. The molecule has 0 saturated heterocycles. The van der Waals surface area contributed by atoms with Crippen molar-refractivity contribution in [3.05, 3.63) is 35.9 Å². The number of halogens is 1. The van der Waals surface area contributed by atoms with Gasteiger partial charge in [0.05, 0.1) is 19.1 Å². The average molecular weight is 517 g/mol. The van der Waals surface area contributed by atoms with Crippen LogP contribution in [-0.4, -0.2) is 41.9 Å². The van der Waals surface area contributed by atoms with Crippen LogP contribution in [-0.2, 0) is 25.3 Å². The highest BCUT2D eigenvalue weighted by molar-refractivity contribution is 7.58. The van der Waals surface area contributed by atoms with Crippen molar-refractivity contribution in [1.29, 1.82) is 0 Å². The Balaban J connectivity index is 0.00000578. The van der Waals surface area contributed by atoms with Gasteiger partial charge in [-0.2, -0.15) is 0 Å². The SMILES string of the molecule is COC(=O)C(CC(C)C)CP(=O)(O)C(CC1CCCCC1)NC(=O)[C@@H](N)Cc1ccccc1.Cl. The Hall–Kier alpha value is -1.40. The lowest BCUT2D eigenvalue weighted by molar-refractivity contribution is -0.145. The van der Waals surface area contributed by atoms with E-state index in [1.54, 1.807) is 0 Å². The monoisotopic (exact) mass is 516 g/mol. The first-order valence-electron chi connectivity index (χ1n) is 12.1. The van der Waals surface area contributed by atoms with Crippen molar-refractivity contribution in [1.82, 2.24) is 5.32 Å². The second kappa shape index (κ2) is 14.9. The fourth-order valence-corrected chi connectivity index (χ4v) is 6.86. The smallest absolute Gasteiger partial charge is 0.309 e. The number of nitrogens with one attached hydrogen (secondary N) is 1. The molecule has 1 aromatic carbocycles. The molecule has 1 aliphatic rings. The zero-order valence-corrected chi connectivity index (χ0v) is 22.4. The van der Waals surface area contributed by atoms with Crippen molar-refractivity contribution in [2.45, 2.75) is 77.0 Å². The number of esters is 1. The molecule has 4 N–H and O–H groups in total. The molecule has 0 radical (unpaired) electrons. The molecular weight excluding hydrogens is 475 g/mol. The quantitative estimate of drug-likeness (QED) is 0.278. The predicted octanol–water partition coefficient (Wildman–Crippen LogP) is 4.50. The van der Waals surface area contributed by atoms with Gasteiger partial charge in [-0.3, -0.25) is 14.2 Å². The van der Waals surface area contributed by atoms with Crippen molar-refractivity contribution in [2.24, 2.45) is 23.5 Å². The number of nitrogens with two attached hydrogens (primary N) is 1. The van der Waals surface area contributed by atoms with Crippen molar-refractivity contribution < 1.29 is 23.8 Å². The maximum Gasteiger partial charge on any atom is 0.309 e. The molecule has 3 unspecified atom stereocenters. The van der Waals surface area contributed by atoms with E-state index in [1.165, 1.54) is 13.5 Å². The van der Waals surface area contributed by atoms with E-state index in [9.17, 15) is 19.0 Å². The largest absolute Gasteiger partial charge is 0.469 e. The Bertz CT molecular complexity index is 802. The Morgan fingerprint density at radius 3 is 2.35 bits per heavy atom. The minimum Gasteiger partial charge on any atom is -0.469 e. The first-order chi connectivity index (χ1) is 15.6. The van der Waals surface area contributed by atoms with Gasteiger partial charge in [-0.1, -0.05) is 76.3 Å². The molecule has 34 heavy (non-hydrogen) atoms. The van der Waals surface area contributed by atoms with Crippen LogP contribution in [0.5, 0.6) is 0 Å². The van der Waals surface area contributed by atoms with Gasteiger partial charge in [0.25, 0.3) is 0 Å². The number of hydrogen-bond acceptors (Lipinski definition) is 5. The van der Waals surface area contributed by atoms with E-state index in [2.05, 4.69) is 5.32 Å². The summed E-state index contributed by atoms with van der Waals surface area (Å²) in [5.41, 5.74) is 7.08. The highest BCUT2D eigenvalue weighted by Crippen LogP contribution is 2.51. The summed E-state index contributed by atoms with van der Waals surface area (Å²) < 4.78 is 18.5. The van der Waals surface area contributed by atoms with Crippen LogP contribution in [0.3, 0.4) is 0 Å². The maximum atomic E-state index is 13.6. The zero-order chi connectivity index (χ0) is 24.4. The zero-order valence-electron chi connectivity index (χ0n) is 20.7. The van der Waals surface area contributed by atoms with E-state index in [-0.39, 0.29) is 30.4 Å².